The molecule has 2 aromatic rings. The third-order valence-electron chi connectivity index (χ3n) is 2.65. The molecule has 0 bridgehead atoms. The van der Waals surface area contributed by atoms with Crippen molar-refractivity contribution in [2.24, 2.45) is 5.10 Å². The van der Waals surface area contributed by atoms with Crippen LogP contribution < -0.4 is 10.2 Å². The molecule has 0 fully saturated rings. The van der Waals surface area contributed by atoms with Crippen molar-refractivity contribution in [2.45, 2.75) is 0 Å². The number of benzene rings is 2. The van der Waals surface area contributed by atoms with Gasteiger partial charge in [0.05, 0.1) is 23.9 Å². The standard InChI is InChI=1S/C14H12ClN3O3/c1-21-14-7-2-10(8-13(14)18(19)20)9-16-17-12-5-3-11(15)4-6-12/h2-9,17H,1H3/b16-9+. The van der Waals surface area contributed by atoms with Crippen LogP contribution in [0.3, 0.4) is 0 Å². The van der Waals surface area contributed by atoms with Crippen LogP contribution in [-0.4, -0.2) is 18.2 Å². The Morgan fingerprint density at radius 3 is 2.62 bits per heavy atom. The minimum Gasteiger partial charge on any atom is -0.490 e. The molecule has 0 atom stereocenters. The third-order valence-corrected chi connectivity index (χ3v) is 2.90. The molecule has 2 rings (SSSR count). The number of hydrogen-bond donors (Lipinski definition) is 1. The van der Waals surface area contributed by atoms with E-state index in [1.165, 1.54) is 25.5 Å². The first-order chi connectivity index (χ1) is 10.1. The number of methoxy groups -OCH3 is 1. The van der Waals surface area contributed by atoms with Crippen molar-refractivity contribution in [2.75, 3.05) is 12.5 Å². The van der Waals surface area contributed by atoms with Gasteiger partial charge in [-0.25, -0.2) is 0 Å². The first-order valence-corrected chi connectivity index (χ1v) is 6.35. The summed E-state index contributed by atoms with van der Waals surface area (Å²) in [5, 5.41) is 15.6. The van der Waals surface area contributed by atoms with Crippen molar-refractivity contribution in [3.8, 4) is 5.75 Å². The highest BCUT2D eigenvalue weighted by atomic mass is 35.5. The number of nitrogens with zero attached hydrogens (tertiary/aromatic N) is 2. The molecular weight excluding hydrogens is 294 g/mol. The molecule has 0 aliphatic rings. The lowest BCUT2D eigenvalue weighted by Gasteiger charge is -2.02. The zero-order valence-corrected chi connectivity index (χ0v) is 11.9. The first-order valence-electron chi connectivity index (χ1n) is 5.97. The van der Waals surface area contributed by atoms with Crippen molar-refractivity contribution >= 4 is 29.2 Å². The van der Waals surface area contributed by atoms with E-state index in [-0.39, 0.29) is 11.4 Å². The molecule has 1 N–H and O–H groups in total. The fourth-order valence-electron chi connectivity index (χ4n) is 1.64. The minimum atomic E-state index is -0.497. The summed E-state index contributed by atoms with van der Waals surface area (Å²) in [4.78, 5) is 10.4. The molecule has 21 heavy (non-hydrogen) atoms. The van der Waals surface area contributed by atoms with E-state index in [1.54, 1.807) is 30.3 Å². The maximum Gasteiger partial charge on any atom is 0.311 e. The molecule has 0 amide bonds. The number of nitrogens with one attached hydrogen (secondary N) is 1. The van der Waals surface area contributed by atoms with E-state index < -0.39 is 4.92 Å². The maximum absolute atomic E-state index is 10.9. The zero-order valence-electron chi connectivity index (χ0n) is 11.1. The fourth-order valence-corrected chi connectivity index (χ4v) is 1.76. The number of nitro benzene ring substituents is 1. The number of hydrazone groups is 1. The Morgan fingerprint density at radius 1 is 1.29 bits per heavy atom. The van der Waals surface area contributed by atoms with Crippen molar-refractivity contribution in [1.82, 2.24) is 0 Å². The van der Waals surface area contributed by atoms with Gasteiger partial charge in [0.15, 0.2) is 5.75 Å². The van der Waals surface area contributed by atoms with Crippen molar-refractivity contribution < 1.29 is 9.66 Å². The van der Waals surface area contributed by atoms with Crippen LogP contribution in [0.5, 0.6) is 5.75 Å². The predicted molar refractivity (Wildman–Crippen MR) is 82.3 cm³/mol. The summed E-state index contributed by atoms with van der Waals surface area (Å²) >= 11 is 5.78. The van der Waals surface area contributed by atoms with Gasteiger partial charge >= 0.3 is 5.69 Å². The molecule has 0 aromatic heterocycles. The van der Waals surface area contributed by atoms with E-state index in [1.807, 2.05) is 0 Å². The lowest BCUT2D eigenvalue weighted by atomic mass is 10.2. The van der Waals surface area contributed by atoms with Crippen LogP contribution in [0.15, 0.2) is 47.6 Å². The normalized spacial score (nSPS) is 10.6. The SMILES string of the molecule is COc1ccc(/C=N/Nc2ccc(Cl)cc2)cc1[N+](=O)[O-]. The number of halogens is 1. The van der Waals surface area contributed by atoms with Crippen LogP contribution in [0.4, 0.5) is 11.4 Å². The summed E-state index contributed by atoms with van der Waals surface area (Å²) in [7, 11) is 1.39. The zero-order chi connectivity index (χ0) is 15.2. The Kier molecular flexibility index (Phi) is 4.73. The average Bonchev–Trinajstić information content (AvgIpc) is 2.49. The van der Waals surface area contributed by atoms with Gasteiger partial charge in [-0.15, -0.1) is 0 Å². The smallest absolute Gasteiger partial charge is 0.311 e. The largest absolute Gasteiger partial charge is 0.490 e. The molecule has 7 heteroatoms. The van der Waals surface area contributed by atoms with Gasteiger partial charge < -0.3 is 4.74 Å². The number of nitro groups is 1. The Morgan fingerprint density at radius 2 is 2.00 bits per heavy atom. The number of rotatable bonds is 5. The van der Waals surface area contributed by atoms with E-state index in [9.17, 15) is 10.1 Å². The van der Waals surface area contributed by atoms with Gasteiger partial charge in [0, 0.05) is 16.7 Å². The van der Waals surface area contributed by atoms with Crippen molar-refractivity contribution in [3.63, 3.8) is 0 Å². The van der Waals surface area contributed by atoms with Crippen LogP contribution in [0.2, 0.25) is 5.02 Å². The monoisotopic (exact) mass is 305 g/mol. The maximum atomic E-state index is 10.9. The second-order valence-electron chi connectivity index (χ2n) is 4.07. The average molecular weight is 306 g/mol. The molecule has 6 nitrogen and oxygen atoms in total. The third kappa shape index (κ3) is 3.93. The van der Waals surface area contributed by atoms with Gasteiger partial charge in [-0.1, -0.05) is 11.6 Å². The Labute approximate surface area is 126 Å². The first kappa shape index (κ1) is 14.8. The van der Waals surface area contributed by atoms with Gasteiger partial charge in [-0.2, -0.15) is 5.10 Å². The minimum absolute atomic E-state index is 0.104. The highest BCUT2D eigenvalue weighted by Crippen LogP contribution is 2.26. The van der Waals surface area contributed by atoms with Crippen LogP contribution in [-0.2, 0) is 0 Å². The van der Waals surface area contributed by atoms with E-state index in [2.05, 4.69) is 10.5 Å². The summed E-state index contributed by atoms with van der Waals surface area (Å²) in [6.07, 6.45) is 1.49. The van der Waals surface area contributed by atoms with Crippen LogP contribution >= 0.6 is 11.6 Å². The molecule has 108 valence electrons. The molecule has 0 aliphatic heterocycles. The summed E-state index contributed by atoms with van der Waals surface area (Å²) in [6, 6.07) is 11.6. The van der Waals surface area contributed by atoms with E-state index in [0.29, 0.717) is 10.6 Å². The van der Waals surface area contributed by atoms with Crippen LogP contribution in [0.25, 0.3) is 0 Å². The van der Waals surface area contributed by atoms with Crippen LogP contribution in [0, 0.1) is 10.1 Å². The van der Waals surface area contributed by atoms with Crippen LogP contribution in [0.1, 0.15) is 5.56 Å². The number of ether oxygens (including phenoxy) is 1. The summed E-state index contributed by atoms with van der Waals surface area (Å²) < 4.78 is 4.93. The predicted octanol–water partition coefficient (Wildman–Crippen LogP) is 3.70. The second kappa shape index (κ2) is 6.71. The Hall–Kier alpha value is -2.60. The van der Waals surface area contributed by atoms with Gasteiger partial charge in [-0.3, -0.25) is 15.5 Å². The summed E-state index contributed by atoms with van der Waals surface area (Å²) in [6.45, 7) is 0. The second-order valence-corrected chi connectivity index (χ2v) is 4.50. The molecule has 0 unspecified atom stereocenters. The molecule has 0 saturated carbocycles. The Balaban J connectivity index is 2.12. The summed E-state index contributed by atoms with van der Waals surface area (Å²) in [5.74, 6) is 0.211. The van der Waals surface area contributed by atoms with Gasteiger partial charge in [0.25, 0.3) is 0 Å². The molecule has 2 aromatic carbocycles. The van der Waals surface area contributed by atoms with E-state index in [4.69, 9.17) is 16.3 Å². The highest BCUT2D eigenvalue weighted by molar-refractivity contribution is 6.30. The molecule has 0 spiro atoms. The lowest BCUT2D eigenvalue weighted by molar-refractivity contribution is -0.385. The van der Waals surface area contributed by atoms with E-state index >= 15 is 0 Å². The fraction of sp³-hybridized carbons (Fsp3) is 0.0714. The molecule has 0 heterocycles. The van der Waals surface area contributed by atoms with Gasteiger partial charge in [0.1, 0.15) is 0 Å². The molecule has 0 aliphatic carbocycles. The quantitative estimate of drug-likeness (QED) is 0.519. The number of hydrogen-bond acceptors (Lipinski definition) is 5. The summed E-state index contributed by atoms with van der Waals surface area (Å²) in [5.41, 5.74) is 4.05. The Bertz CT molecular complexity index is 672. The number of anilines is 1. The van der Waals surface area contributed by atoms with Gasteiger partial charge in [-0.05, 0) is 36.4 Å². The molecule has 0 radical (unpaired) electrons. The van der Waals surface area contributed by atoms with Crippen molar-refractivity contribution in [1.29, 1.82) is 0 Å². The van der Waals surface area contributed by atoms with Crippen molar-refractivity contribution in [3.05, 3.63) is 63.2 Å². The highest BCUT2D eigenvalue weighted by Gasteiger charge is 2.14. The van der Waals surface area contributed by atoms with E-state index in [0.717, 1.165) is 5.69 Å². The van der Waals surface area contributed by atoms with Gasteiger partial charge in [0.2, 0.25) is 0 Å². The molecular formula is C14H12ClN3O3. The topological polar surface area (TPSA) is 76.8 Å². The lowest BCUT2D eigenvalue weighted by Crippen LogP contribution is -1.96. The molecule has 0 saturated heterocycles.